The molecule has 116 valence electrons. The molecule has 0 fully saturated rings. The van der Waals surface area contributed by atoms with E-state index in [1.165, 1.54) is 23.5 Å². The largest absolute Gasteiger partial charge is 0.353 e. The van der Waals surface area contributed by atoms with Gasteiger partial charge in [0.05, 0.1) is 5.69 Å². The van der Waals surface area contributed by atoms with Crippen molar-refractivity contribution in [3.8, 4) is 10.8 Å². The van der Waals surface area contributed by atoms with Crippen LogP contribution in [0.5, 0.6) is 0 Å². The first-order valence-corrected chi connectivity index (χ1v) is 7.50. The average molecular weight is 333 g/mol. The summed E-state index contributed by atoms with van der Waals surface area (Å²) in [5.74, 6) is -0.224. The molecule has 0 saturated heterocycles. The number of hydrogen-bond donors (Lipinski definition) is 0. The second kappa shape index (κ2) is 5.20. The summed E-state index contributed by atoms with van der Waals surface area (Å²) in [5, 5.41) is 16.9. The molecule has 0 amide bonds. The Labute approximate surface area is 132 Å². The average Bonchev–Trinajstić information content (AvgIpc) is 3.14. The van der Waals surface area contributed by atoms with Gasteiger partial charge in [-0.15, -0.1) is 15.3 Å². The molecule has 3 aromatic heterocycles. The van der Waals surface area contributed by atoms with E-state index >= 15 is 0 Å². The number of rotatable bonds is 3. The standard InChI is InChI=1S/C14H9F2N5OS/c1-7-2-11(22-20-7)13-19-21-12(17-18-14(21)23-13)5-8-3-9(15)6-10(16)4-8/h2-4,6H,5H2,1H3. The van der Waals surface area contributed by atoms with Crippen LogP contribution < -0.4 is 0 Å². The van der Waals surface area contributed by atoms with E-state index in [1.54, 1.807) is 10.6 Å². The fourth-order valence-corrected chi connectivity index (χ4v) is 3.03. The first kappa shape index (κ1) is 13.9. The Morgan fingerprint density at radius 1 is 1.13 bits per heavy atom. The summed E-state index contributed by atoms with van der Waals surface area (Å²) in [5.41, 5.74) is 1.21. The number of aryl methyl sites for hydroxylation is 1. The van der Waals surface area contributed by atoms with E-state index in [0.717, 1.165) is 11.8 Å². The maximum atomic E-state index is 13.3. The minimum atomic E-state index is -0.628. The molecule has 0 bridgehead atoms. The molecule has 6 nitrogen and oxygen atoms in total. The van der Waals surface area contributed by atoms with E-state index in [-0.39, 0.29) is 6.42 Å². The highest BCUT2D eigenvalue weighted by Crippen LogP contribution is 2.26. The van der Waals surface area contributed by atoms with E-state index in [0.29, 0.717) is 27.1 Å². The van der Waals surface area contributed by atoms with Crippen molar-refractivity contribution in [3.05, 3.63) is 53.0 Å². The Balaban J connectivity index is 1.71. The normalized spacial score (nSPS) is 11.4. The van der Waals surface area contributed by atoms with Crippen LogP contribution in [0.2, 0.25) is 0 Å². The Hall–Kier alpha value is -2.68. The van der Waals surface area contributed by atoms with Crippen molar-refractivity contribution in [1.82, 2.24) is 25.0 Å². The van der Waals surface area contributed by atoms with Gasteiger partial charge in [0.15, 0.2) is 16.6 Å². The maximum absolute atomic E-state index is 13.3. The predicted octanol–water partition coefficient (Wildman–Crippen LogP) is 3.02. The van der Waals surface area contributed by atoms with Crippen molar-refractivity contribution in [2.24, 2.45) is 0 Å². The summed E-state index contributed by atoms with van der Waals surface area (Å²) in [6.45, 7) is 1.82. The molecule has 0 atom stereocenters. The topological polar surface area (TPSA) is 69.1 Å². The van der Waals surface area contributed by atoms with E-state index in [2.05, 4.69) is 20.5 Å². The lowest BCUT2D eigenvalue weighted by Crippen LogP contribution is -1.99. The Morgan fingerprint density at radius 3 is 2.61 bits per heavy atom. The third-order valence-corrected chi connectivity index (χ3v) is 4.09. The summed E-state index contributed by atoms with van der Waals surface area (Å²) in [6.07, 6.45) is 0.217. The third-order valence-electron chi connectivity index (χ3n) is 3.18. The fourth-order valence-electron chi connectivity index (χ4n) is 2.23. The molecular formula is C14H9F2N5OS. The zero-order valence-corrected chi connectivity index (χ0v) is 12.6. The molecule has 4 aromatic rings. The Bertz CT molecular complexity index is 986. The lowest BCUT2D eigenvalue weighted by atomic mass is 10.1. The second-order valence-corrected chi connectivity index (χ2v) is 5.96. The highest BCUT2D eigenvalue weighted by Gasteiger charge is 2.16. The fraction of sp³-hybridized carbons (Fsp3) is 0.143. The van der Waals surface area contributed by atoms with E-state index in [9.17, 15) is 8.78 Å². The summed E-state index contributed by atoms with van der Waals surface area (Å²) in [6, 6.07) is 5.12. The van der Waals surface area contributed by atoms with Gasteiger partial charge in [0.1, 0.15) is 11.6 Å². The lowest BCUT2D eigenvalue weighted by molar-refractivity contribution is 0.426. The van der Waals surface area contributed by atoms with Gasteiger partial charge in [-0.2, -0.15) is 4.52 Å². The number of nitrogens with zero attached hydrogens (tertiary/aromatic N) is 5. The molecule has 0 aliphatic heterocycles. The van der Waals surface area contributed by atoms with Crippen LogP contribution in [0.25, 0.3) is 15.7 Å². The number of fused-ring (bicyclic) bond motifs is 1. The minimum Gasteiger partial charge on any atom is -0.353 e. The molecule has 23 heavy (non-hydrogen) atoms. The molecule has 0 radical (unpaired) electrons. The number of aromatic nitrogens is 5. The highest BCUT2D eigenvalue weighted by molar-refractivity contribution is 7.19. The molecule has 1 aromatic carbocycles. The molecular weight excluding hydrogens is 324 g/mol. The Morgan fingerprint density at radius 2 is 1.91 bits per heavy atom. The van der Waals surface area contributed by atoms with E-state index in [4.69, 9.17) is 4.52 Å². The van der Waals surface area contributed by atoms with Crippen molar-refractivity contribution in [1.29, 1.82) is 0 Å². The lowest BCUT2D eigenvalue weighted by Gasteiger charge is -1.99. The molecule has 0 unspecified atom stereocenters. The summed E-state index contributed by atoms with van der Waals surface area (Å²) in [4.78, 5) is 0.570. The molecule has 4 rings (SSSR count). The molecule has 0 N–H and O–H groups in total. The molecule has 0 aliphatic carbocycles. The zero-order chi connectivity index (χ0) is 16.0. The van der Waals surface area contributed by atoms with Crippen LogP contribution in [-0.2, 0) is 6.42 Å². The van der Waals surface area contributed by atoms with Gasteiger partial charge in [0.25, 0.3) is 0 Å². The van der Waals surface area contributed by atoms with Gasteiger partial charge in [0.2, 0.25) is 4.96 Å². The van der Waals surface area contributed by atoms with Gasteiger partial charge in [-0.1, -0.05) is 16.5 Å². The van der Waals surface area contributed by atoms with E-state index < -0.39 is 11.6 Å². The van der Waals surface area contributed by atoms with Gasteiger partial charge < -0.3 is 4.52 Å². The third kappa shape index (κ3) is 2.59. The second-order valence-electron chi connectivity index (χ2n) is 5.00. The first-order valence-electron chi connectivity index (χ1n) is 6.68. The van der Waals surface area contributed by atoms with Crippen LogP contribution in [0, 0.1) is 18.6 Å². The van der Waals surface area contributed by atoms with Crippen molar-refractivity contribution in [3.63, 3.8) is 0 Å². The van der Waals surface area contributed by atoms with Gasteiger partial charge in [-0.05, 0) is 24.6 Å². The number of hydrogen-bond acceptors (Lipinski definition) is 6. The SMILES string of the molecule is Cc1cc(-c2nn3c(Cc4cc(F)cc(F)c4)nnc3s2)on1. The van der Waals surface area contributed by atoms with Gasteiger partial charge in [-0.25, -0.2) is 8.78 Å². The van der Waals surface area contributed by atoms with Crippen molar-refractivity contribution >= 4 is 16.3 Å². The smallest absolute Gasteiger partial charge is 0.235 e. The van der Waals surface area contributed by atoms with Crippen LogP contribution in [0.1, 0.15) is 17.1 Å². The van der Waals surface area contributed by atoms with E-state index in [1.807, 2.05) is 6.92 Å². The Kier molecular flexibility index (Phi) is 3.15. The number of halogens is 2. The summed E-state index contributed by atoms with van der Waals surface area (Å²) < 4.78 is 33.3. The van der Waals surface area contributed by atoms with Gasteiger partial charge in [0, 0.05) is 18.6 Å². The maximum Gasteiger partial charge on any atom is 0.235 e. The minimum absolute atomic E-state index is 0.217. The van der Waals surface area contributed by atoms with Crippen molar-refractivity contribution < 1.29 is 13.3 Å². The molecule has 0 aliphatic rings. The first-order chi connectivity index (χ1) is 11.1. The van der Waals surface area contributed by atoms with Crippen LogP contribution in [0.15, 0.2) is 28.8 Å². The predicted molar refractivity (Wildman–Crippen MR) is 78.1 cm³/mol. The summed E-state index contributed by atoms with van der Waals surface area (Å²) in [7, 11) is 0. The van der Waals surface area contributed by atoms with Crippen LogP contribution in [0.4, 0.5) is 8.78 Å². The van der Waals surface area contributed by atoms with Crippen molar-refractivity contribution in [2.75, 3.05) is 0 Å². The molecule has 9 heteroatoms. The van der Waals surface area contributed by atoms with Crippen LogP contribution in [-0.4, -0.2) is 25.0 Å². The summed E-state index contributed by atoms with van der Waals surface area (Å²) >= 11 is 1.30. The van der Waals surface area contributed by atoms with Crippen LogP contribution >= 0.6 is 11.3 Å². The van der Waals surface area contributed by atoms with Crippen molar-refractivity contribution in [2.45, 2.75) is 13.3 Å². The highest BCUT2D eigenvalue weighted by atomic mass is 32.1. The van der Waals surface area contributed by atoms with Gasteiger partial charge in [-0.3, -0.25) is 0 Å². The molecule has 0 saturated carbocycles. The van der Waals surface area contributed by atoms with Crippen LogP contribution in [0.3, 0.4) is 0 Å². The quantitative estimate of drug-likeness (QED) is 0.576. The monoisotopic (exact) mass is 333 g/mol. The molecule has 3 heterocycles. The zero-order valence-electron chi connectivity index (χ0n) is 11.8. The van der Waals surface area contributed by atoms with Gasteiger partial charge >= 0.3 is 0 Å². The molecule has 0 spiro atoms. The number of benzene rings is 1.